The van der Waals surface area contributed by atoms with Gasteiger partial charge in [0.15, 0.2) is 0 Å². The van der Waals surface area contributed by atoms with E-state index >= 15 is 0 Å². The molecule has 1 heterocycles. The van der Waals surface area contributed by atoms with Gasteiger partial charge in [0.2, 0.25) is 0 Å². The lowest BCUT2D eigenvalue weighted by Crippen LogP contribution is -2.23. The molecule has 0 aliphatic rings. The molecule has 2 nitrogen and oxygen atoms in total. The van der Waals surface area contributed by atoms with Gasteiger partial charge in [-0.25, -0.2) is 4.98 Å². The number of benzene rings is 1. The fraction of sp³-hybridized carbons (Fsp3) is 0.471. The lowest BCUT2D eigenvalue weighted by atomic mass is 9.99. The zero-order chi connectivity index (χ0) is 14.4. The second-order valence-corrected chi connectivity index (χ2v) is 6.52. The van der Waals surface area contributed by atoms with E-state index in [1.807, 2.05) is 11.6 Å². The van der Waals surface area contributed by atoms with Crippen LogP contribution in [0.3, 0.4) is 0 Å². The van der Waals surface area contributed by atoms with Crippen molar-refractivity contribution >= 4 is 11.3 Å². The predicted octanol–water partition coefficient (Wildman–Crippen LogP) is 4.43. The number of aromatic nitrogens is 1. The maximum Gasteiger partial charge on any atom is 0.114 e. The maximum atomic E-state index is 4.47. The minimum atomic E-state index is 0.225. The standard InChI is InChI=1S/C17H24N2S/c1-4-9-18-16(17-19-10-11-20-17)15-7-5-14(6-8-15)12-13(2)3/h5-8,10-11,13,16,18H,4,9,12H2,1-3H3. The van der Waals surface area contributed by atoms with Gasteiger partial charge in [0.05, 0.1) is 6.04 Å². The normalized spacial score (nSPS) is 12.8. The van der Waals surface area contributed by atoms with Crippen LogP contribution in [0.15, 0.2) is 35.8 Å². The molecular weight excluding hydrogens is 264 g/mol. The number of thiazole rings is 1. The molecule has 0 fully saturated rings. The largest absolute Gasteiger partial charge is 0.304 e. The quantitative estimate of drug-likeness (QED) is 0.815. The van der Waals surface area contributed by atoms with Gasteiger partial charge in [-0.15, -0.1) is 11.3 Å². The Morgan fingerprint density at radius 1 is 1.20 bits per heavy atom. The molecule has 0 aliphatic heterocycles. The predicted molar refractivity (Wildman–Crippen MR) is 87.2 cm³/mol. The van der Waals surface area contributed by atoms with Crippen molar-refractivity contribution in [3.63, 3.8) is 0 Å². The van der Waals surface area contributed by atoms with Gasteiger partial charge in [0, 0.05) is 11.6 Å². The highest BCUT2D eigenvalue weighted by Crippen LogP contribution is 2.24. The van der Waals surface area contributed by atoms with Crippen LogP contribution in [0.5, 0.6) is 0 Å². The van der Waals surface area contributed by atoms with Crippen LogP contribution in [-0.2, 0) is 6.42 Å². The maximum absolute atomic E-state index is 4.47. The summed E-state index contributed by atoms with van der Waals surface area (Å²) in [6, 6.07) is 9.22. The van der Waals surface area contributed by atoms with Gasteiger partial charge in [0.25, 0.3) is 0 Å². The Balaban J connectivity index is 2.16. The van der Waals surface area contributed by atoms with Gasteiger partial charge in [-0.05, 0) is 36.4 Å². The average molecular weight is 288 g/mol. The molecule has 0 radical (unpaired) electrons. The molecule has 0 saturated carbocycles. The van der Waals surface area contributed by atoms with Gasteiger partial charge < -0.3 is 5.32 Å². The minimum Gasteiger partial charge on any atom is -0.304 e. The topological polar surface area (TPSA) is 24.9 Å². The summed E-state index contributed by atoms with van der Waals surface area (Å²) in [5.41, 5.74) is 2.72. The number of hydrogen-bond donors (Lipinski definition) is 1. The van der Waals surface area contributed by atoms with Crippen molar-refractivity contribution in [3.8, 4) is 0 Å². The van der Waals surface area contributed by atoms with E-state index in [1.54, 1.807) is 11.3 Å². The second-order valence-electron chi connectivity index (χ2n) is 5.60. The summed E-state index contributed by atoms with van der Waals surface area (Å²) >= 11 is 1.72. The Bertz CT molecular complexity index is 488. The van der Waals surface area contributed by atoms with E-state index in [0.29, 0.717) is 5.92 Å². The fourth-order valence-corrected chi connectivity index (χ4v) is 3.07. The summed E-state index contributed by atoms with van der Waals surface area (Å²) in [7, 11) is 0. The molecule has 0 saturated heterocycles. The SMILES string of the molecule is CCCNC(c1ccc(CC(C)C)cc1)c1nccs1. The van der Waals surface area contributed by atoms with Gasteiger partial charge in [0.1, 0.15) is 5.01 Å². The highest BCUT2D eigenvalue weighted by molar-refractivity contribution is 7.09. The Labute approximate surface area is 126 Å². The van der Waals surface area contributed by atoms with Crippen LogP contribution in [0.4, 0.5) is 0 Å². The molecule has 0 spiro atoms. The summed E-state index contributed by atoms with van der Waals surface area (Å²) in [5, 5.41) is 6.79. The Hall–Kier alpha value is -1.19. The van der Waals surface area contributed by atoms with Gasteiger partial charge >= 0.3 is 0 Å². The van der Waals surface area contributed by atoms with Crippen LogP contribution in [0, 0.1) is 5.92 Å². The molecule has 3 heteroatoms. The summed E-state index contributed by atoms with van der Waals surface area (Å²) < 4.78 is 0. The van der Waals surface area contributed by atoms with Crippen LogP contribution in [-0.4, -0.2) is 11.5 Å². The van der Waals surface area contributed by atoms with Crippen molar-refractivity contribution in [2.24, 2.45) is 5.92 Å². The number of rotatable bonds is 7. The number of nitrogens with one attached hydrogen (secondary N) is 1. The monoisotopic (exact) mass is 288 g/mol. The van der Waals surface area contributed by atoms with Crippen LogP contribution in [0.1, 0.15) is 49.4 Å². The molecule has 0 bridgehead atoms. The van der Waals surface area contributed by atoms with Crippen LogP contribution < -0.4 is 5.32 Å². The van der Waals surface area contributed by atoms with Crippen molar-refractivity contribution in [3.05, 3.63) is 52.0 Å². The Kier molecular flexibility index (Phi) is 5.74. The van der Waals surface area contributed by atoms with Crippen molar-refractivity contribution in [2.75, 3.05) is 6.54 Å². The van der Waals surface area contributed by atoms with E-state index < -0.39 is 0 Å². The molecule has 2 aromatic rings. The zero-order valence-electron chi connectivity index (χ0n) is 12.6. The first-order valence-corrected chi connectivity index (χ1v) is 8.30. The first kappa shape index (κ1) is 15.2. The van der Waals surface area contributed by atoms with Crippen LogP contribution in [0.25, 0.3) is 0 Å². The molecule has 1 aromatic carbocycles. The first-order valence-electron chi connectivity index (χ1n) is 7.42. The van der Waals surface area contributed by atoms with Gasteiger partial charge in [-0.1, -0.05) is 45.0 Å². The summed E-state index contributed by atoms with van der Waals surface area (Å²) in [4.78, 5) is 4.47. The van der Waals surface area contributed by atoms with E-state index in [4.69, 9.17) is 0 Å². The van der Waals surface area contributed by atoms with Crippen molar-refractivity contribution in [1.29, 1.82) is 0 Å². The third-order valence-corrected chi connectivity index (χ3v) is 4.09. The van der Waals surface area contributed by atoms with E-state index in [0.717, 1.165) is 24.4 Å². The zero-order valence-corrected chi connectivity index (χ0v) is 13.4. The molecule has 108 valence electrons. The molecule has 1 aromatic heterocycles. The summed E-state index contributed by atoms with van der Waals surface area (Å²) in [5.74, 6) is 0.703. The van der Waals surface area contributed by atoms with Crippen LogP contribution >= 0.6 is 11.3 Å². The number of nitrogens with zero attached hydrogens (tertiary/aromatic N) is 1. The molecule has 1 N–H and O–H groups in total. The van der Waals surface area contributed by atoms with E-state index in [-0.39, 0.29) is 6.04 Å². The molecule has 1 unspecified atom stereocenters. The van der Waals surface area contributed by atoms with E-state index in [9.17, 15) is 0 Å². The van der Waals surface area contributed by atoms with Crippen LogP contribution in [0.2, 0.25) is 0 Å². The van der Waals surface area contributed by atoms with Gasteiger partial charge in [-0.2, -0.15) is 0 Å². The lowest BCUT2D eigenvalue weighted by molar-refractivity contribution is 0.595. The molecule has 0 amide bonds. The highest BCUT2D eigenvalue weighted by Gasteiger charge is 2.15. The van der Waals surface area contributed by atoms with Crippen molar-refractivity contribution in [1.82, 2.24) is 10.3 Å². The molecule has 20 heavy (non-hydrogen) atoms. The van der Waals surface area contributed by atoms with E-state index in [1.165, 1.54) is 11.1 Å². The smallest absolute Gasteiger partial charge is 0.114 e. The summed E-state index contributed by atoms with van der Waals surface area (Å²) in [6.07, 6.45) is 4.16. The average Bonchev–Trinajstić information content (AvgIpc) is 2.94. The van der Waals surface area contributed by atoms with Gasteiger partial charge in [-0.3, -0.25) is 0 Å². The second kappa shape index (κ2) is 7.55. The highest BCUT2D eigenvalue weighted by atomic mass is 32.1. The molecule has 1 atom stereocenters. The molecule has 0 aliphatic carbocycles. The Morgan fingerprint density at radius 3 is 2.50 bits per heavy atom. The Morgan fingerprint density at radius 2 is 1.95 bits per heavy atom. The van der Waals surface area contributed by atoms with Crippen molar-refractivity contribution < 1.29 is 0 Å². The van der Waals surface area contributed by atoms with E-state index in [2.05, 4.69) is 55.3 Å². The third-order valence-electron chi connectivity index (χ3n) is 3.25. The first-order chi connectivity index (χ1) is 9.70. The summed E-state index contributed by atoms with van der Waals surface area (Å²) in [6.45, 7) is 7.72. The minimum absolute atomic E-state index is 0.225. The number of hydrogen-bond acceptors (Lipinski definition) is 3. The third kappa shape index (κ3) is 4.15. The lowest BCUT2D eigenvalue weighted by Gasteiger charge is -2.17. The van der Waals surface area contributed by atoms with Crippen molar-refractivity contribution in [2.45, 2.75) is 39.7 Å². The fourth-order valence-electron chi connectivity index (χ4n) is 2.33. The molecule has 2 rings (SSSR count). The molecular formula is C17H24N2S.